The molecule has 2 aromatic heterocycles. The van der Waals surface area contributed by atoms with Gasteiger partial charge >= 0.3 is 5.97 Å². The van der Waals surface area contributed by atoms with Crippen LogP contribution in [0.4, 0.5) is 10.1 Å². The van der Waals surface area contributed by atoms with Crippen molar-refractivity contribution >= 4 is 17.2 Å². The molecule has 1 aliphatic carbocycles. The number of nitrogens with zero attached hydrogens (tertiary/aromatic N) is 2. The Morgan fingerprint density at radius 3 is 2.75 bits per heavy atom. The van der Waals surface area contributed by atoms with E-state index in [1.807, 2.05) is 0 Å². The Bertz CT molecular complexity index is 911. The number of carboxylic acid groups (broad SMARTS) is 1. The number of aromatic nitrogens is 1. The molecule has 3 heterocycles. The monoisotopic (exact) mass is 332 g/mol. The van der Waals surface area contributed by atoms with Crippen LogP contribution in [0.3, 0.4) is 0 Å². The number of fused-ring (bicyclic) bond motifs is 1. The van der Waals surface area contributed by atoms with Crippen LogP contribution in [-0.2, 0) is 4.84 Å². The Morgan fingerprint density at radius 2 is 2.17 bits per heavy atom. The molecule has 1 N–H and O–H groups in total. The molecule has 6 nitrogen and oxygen atoms in total. The maximum atomic E-state index is 14.7. The van der Waals surface area contributed by atoms with Crippen LogP contribution in [0.5, 0.6) is 0 Å². The largest absolute Gasteiger partial charge is 0.477 e. The number of halogens is 1. The number of pyridine rings is 2. The van der Waals surface area contributed by atoms with Crippen molar-refractivity contribution in [3.8, 4) is 0 Å². The zero-order valence-corrected chi connectivity index (χ0v) is 13.2. The molecule has 1 saturated carbocycles. The Morgan fingerprint density at radius 1 is 1.42 bits per heavy atom. The predicted molar refractivity (Wildman–Crippen MR) is 85.2 cm³/mol. The van der Waals surface area contributed by atoms with Crippen LogP contribution in [0.25, 0.3) is 5.52 Å². The Balaban J connectivity index is 2.07. The fraction of sp³-hybridized carbons (Fsp3) is 0.412. The van der Waals surface area contributed by atoms with Crippen molar-refractivity contribution in [3.05, 3.63) is 45.1 Å². The first-order valence-electron chi connectivity index (χ1n) is 8.01. The summed E-state index contributed by atoms with van der Waals surface area (Å²) in [5, 5.41) is 10.8. The Kier molecular flexibility index (Phi) is 3.35. The minimum Gasteiger partial charge on any atom is -0.477 e. The van der Waals surface area contributed by atoms with E-state index in [9.17, 15) is 19.1 Å². The number of hydrogen-bond donors (Lipinski definition) is 1. The second-order valence-corrected chi connectivity index (χ2v) is 6.36. The van der Waals surface area contributed by atoms with Crippen LogP contribution < -0.4 is 10.6 Å². The van der Waals surface area contributed by atoms with Crippen LogP contribution in [0.2, 0.25) is 0 Å². The summed E-state index contributed by atoms with van der Waals surface area (Å²) in [4.78, 5) is 29.3. The summed E-state index contributed by atoms with van der Waals surface area (Å²) in [6, 6.07) is 1.46. The second-order valence-electron chi connectivity index (χ2n) is 6.36. The van der Waals surface area contributed by atoms with Gasteiger partial charge in [-0.05, 0) is 43.7 Å². The molecular formula is C17H17FN2O4. The number of hydroxylamine groups is 1. The molecule has 2 fully saturated rings. The summed E-state index contributed by atoms with van der Waals surface area (Å²) in [7, 11) is 0. The maximum absolute atomic E-state index is 14.7. The highest BCUT2D eigenvalue weighted by Crippen LogP contribution is 2.44. The normalized spacial score (nSPS) is 17.7. The second kappa shape index (κ2) is 5.31. The van der Waals surface area contributed by atoms with Gasteiger partial charge in [0.2, 0.25) is 0 Å². The fourth-order valence-corrected chi connectivity index (χ4v) is 3.43. The van der Waals surface area contributed by atoms with Gasteiger partial charge in [-0.1, -0.05) is 0 Å². The average molecular weight is 332 g/mol. The molecule has 2 aromatic rings. The Labute approximate surface area is 137 Å². The van der Waals surface area contributed by atoms with Crippen molar-refractivity contribution in [2.24, 2.45) is 0 Å². The minimum atomic E-state index is -1.29. The highest BCUT2D eigenvalue weighted by atomic mass is 19.1. The van der Waals surface area contributed by atoms with E-state index in [4.69, 9.17) is 4.84 Å². The van der Waals surface area contributed by atoms with E-state index in [-0.39, 0.29) is 11.5 Å². The quantitative estimate of drug-likeness (QED) is 0.935. The lowest BCUT2D eigenvalue weighted by atomic mass is 10.0. The van der Waals surface area contributed by atoms with Crippen LogP contribution in [0, 0.1) is 12.7 Å². The van der Waals surface area contributed by atoms with Gasteiger partial charge < -0.3 is 5.11 Å². The third-order valence-corrected chi connectivity index (χ3v) is 4.69. The fourth-order valence-electron chi connectivity index (χ4n) is 3.43. The van der Waals surface area contributed by atoms with Gasteiger partial charge in [0.1, 0.15) is 11.3 Å². The average Bonchev–Trinajstić information content (AvgIpc) is 3.24. The van der Waals surface area contributed by atoms with E-state index in [0.717, 1.165) is 35.4 Å². The standard InChI is InChI=1S/C17H17FN2O4/c1-9-14-11(10-3-4-10)7-12(17(22)23)16(21)19(14)8-13(18)15(9)20-5-2-6-24-20/h7-8,10H,2-6H2,1H3,(H,22,23). The van der Waals surface area contributed by atoms with Gasteiger partial charge in [0, 0.05) is 12.1 Å². The molecule has 0 aromatic carbocycles. The first kappa shape index (κ1) is 15.1. The van der Waals surface area contributed by atoms with E-state index in [0.29, 0.717) is 29.9 Å². The number of hydrogen-bond acceptors (Lipinski definition) is 4. The summed E-state index contributed by atoms with van der Waals surface area (Å²) >= 11 is 0. The zero-order valence-electron chi connectivity index (χ0n) is 13.2. The predicted octanol–water partition coefficient (Wildman–Crippen LogP) is 2.46. The van der Waals surface area contributed by atoms with Crippen molar-refractivity contribution in [2.45, 2.75) is 32.1 Å². The lowest BCUT2D eigenvalue weighted by molar-refractivity contribution is 0.0694. The molecular weight excluding hydrogens is 315 g/mol. The van der Waals surface area contributed by atoms with E-state index in [1.54, 1.807) is 6.92 Å². The number of aromatic carboxylic acids is 1. The van der Waals surface area contributed by atoms with Crippen LogP contribution in [0.15, 0.2) is 17.1 Å². The summed E-state index contributed by atoms with van der Waals surface area (Å²) in [5.74, 6) is -1.66. The summed E-state index contributed by atoms with van der Waals surface area (Å²) in [6.07, 6.45) is 3.78. The van der Waals surface area contributed by atoms with Crippen LogP contribution in [0.1, 0.15) is 46.7 Å². The molecule has 24 heavy (non-hydrogen) atoms. The lowest BCUT2D eigenvalue weighted by Gasteiger charge is -2.22. The Hall–Kier alpha value is -2.41. The smallest absolute Gasteiger partial charge is 0.341 e. The van der Waals surface area contributed by atoms with Crippen molar-refractivity contribution < 1.29 is 19.1 Å². The molecule has 0 radical (unpaired) electrons. The third kappa shape index (κ3) is 2.19. The number of anilines is 1. The third-order valence-electron chi connectivity index (χ3n) is 4.69. The van der Waals surface area contributed by atoms with Crippen LogP contribution in [-0.4, -0.2) is 28.6 Å². The topological polar surface area (TPSA) is 71.2 Å². The van der Waals surface area contributed by atoms with Gasteiger partial charge in [-0.3, -0.25) is 19.1 Å². The van der Waals surface area contributed by atoms with Gasteiger partial charge in [0.15, 0.2) is 5.82 Å². The van der Waals surface area contributed by atoms with E-state index in [1.165, 1.54) is 11.1 Å². The highest BCUT2D eigenvalue weighted by Gasteiger charge is 2.31. The molecule has 2 aliphatic rings. The summed E-state index contributed by atoms with van der Waals surface area (Å²) < 4.78 is 15.8. The SMILES string of the molecule is Cc1c(N2CCCO2)c(F)cn2c(=O)c(C(=O)O)cc(C3CC3)c12. The first-order chi connectivity index (χ1) is 11.5. The molecule has 4 rings (SSSR count). The zero-order chi connectivity index (χ0) is 17.0. The van der Waals surface area contributed by atoms with E-state index >= 15 is 0 Å². The molecule has 0 bridgehead atoms. The molecule has 0 unspecified atom stereocenters. The first-order valence-corrected chi connectivity index (χ1v) is 8.01. The van der Waals surface area contributed by atoms with E-state index < -0.39 is 17.3 Å². The number of aryl methyl sites for hydroxylation is 1. The lowest BCUT2D eigenvalue weighted by Crippen LogP contribution is -2.26. The number of carboxylic acids is 1. The molecule has 0 amide bonds. The molecule has 1 saturated heterocycles. The van der Waals surface area contributed by atoms with Gasteiger partial charge in [-0.15, -0.1) is 0 Å². The minimum absolute atomic E-state index is 0.218. The molecule has 0 spiro atoms. The van der Waals surface area contributed by atoms with Gasteiger partial charge in [-0.25, -0.2) is 9.18 Å². The van der Waals surface area contributed by atoms with Crippen molar-refractivity contribution in [1.82, 2.24) is 4.40 Å². The molecule has 1 aliphatic heterocycles. The number of rotatable bonds is 3. The number of carbonyl (C=O) groups is 1. The van der Waals surface area contributed by atoms with Crippen LogP contribution >= 0.6 is 0 Å². The molecule has 7 heteroatoms. The van der Waals surface area contributed by atoms with Crippen molar-refractivity contribution in [1.29, 1.82) is 0 Å². The van der Waals surface area contributed by atoms with Gasteiger partial charge in [0.05, 0.1) is 18.3 Å². The molecule has 0 atom stereocenters. The maximum Gasteiger partial charge on any atom is 0.341 e. The van der Waals surface area contributed by atoms with Crippen molar-refractivity contribution in [3.63, 3.8) is 0 Å². The van der Waals surface area contributed by atoms with E-state index in [2.05, 4.69) is 0 Å². The summed E-state index contributed by atoms with van der Waals surface area (Å²) in [5.41, 5.74) is 1.30. The van der Waals surface area contributed by atoms with Gasteiger partial charge in [-0.2, -0.15) is 0 Å². The highest BCUT2D eigenvalue weighted by molar-refractivity contribution is 5.89. The van der Waals surface area contributed by atoms with Crippen molar-refractivity contribution in [2.75, 3.05) is 18.2 Å². The molecule has 126 valence electrons. The summed E-state index contributed by atoms with van der Waals surface area (Å²) in [6.45, 7) is 2.87. The van der Waals surface area contributed by atoms with Gasteiger partial charge in [0.25, 0.3) is 5.56 Å².